The van der Waals surface area contributed by atoms with Crippen molar-refractivity contribution in [2.75, 3.05) is 18.6 Å². The number of carbonyl (C=O) groups excluding carboxylic acids is 1. The fraction of sp³-hybridized carbons (Fsp3) is 0.846. The molecule has 1 saturated carbocycles. The normalized spacial score (nSPS) is 19.1. The number of oxime groups is 1. The molecule has 1 rings (SSSR count). The topological polar surface area (TPSA) is 87.7 Å². The molecule has 4 N–H and O–H groups in total. The number of rotatable bonds is 7. The molecule has 0 aromatic carbocycles. The Labute approximate surface area is 119 Å². The Bertz CT molecular complexity index is 315. The molecular weight excluding hydrogens is 262 g/mol. The van der Waals surface area contributed by atoms with Crippen molar-refractivity contribution in [3.8, 4) is 0 Å². The highest BCUT2D eigenvalue weighted by Crippen LogP contribution is 2.36. The summed E-state index contributed by atoms with van der Waals surface area (Å²) in [5.41, 5.74) is 4.99. The maximum Gasteiger partial charge on any atom is 0.233 e. The zero-order valence-corrected chi connectivity index (χ0v) is 12.5. The van der Waals surface area contributed by atoms with E-state index in [0.717, 1.165) is 37.9 Å². The second kappa shape index (κ2) is 8.30. The van der Waals surface area contributed by atoms with Gasteiger partial charge in [-0.25, -0.2) is 0 Å². The molecule has 0 atom stereocenters. The summed E-state index contributed by atoms with van der Waals surface area (Å²) < 4.78 is 0. The molecule has 0 unspecified atom stereocenters. The fourth-order valence-electron chi connectivity index (χ4n) is 2.59. The standard InChI is InChI=1S/C13H25N3O2S/c1-19-10-6-5-9-15-12(17)13(11(14)16-18)7-3-2-4-8-13/h18H,2-10H2,1H3,(H2,14,16)(H,15,17). The molecule has 0 radical (unpaired) electrons. The van der Waals surface area contributed by atoms with Crippen molar-refractivity contribution in [2.24, 2.45) is 16.3 Å². The van der Waals surface area contributed by atoms with Crippen molar-refractivity contribution in [3.63, 3.8) is 0 Å². The van der Waals surface area contributed by atoms with Gasteiger partial charge in [-0.2, -0.15) is 11.8 Å². The highest BCUT2D eigenvalue weighted by atomic mass is 32.2. The molecule has 0 bridgehead atoms. The Morgan fingerprint density at radius 3 is 2.63 bits per heavy atom. The van der Waals surface area contributed by atoms with Crippen LogP contribution in [0.2, 0.25) is 0 Å². The quantitative estimate of drug-likeness (QED) is 0.219. The molecule has 1 aliphatic carbocycles. The number of thioether (sulfide) groups is 1. The van der Waals surface area contributed by atoms with Crippen LogP contribution in [-0.4, -0.2) is 35.5 Å². The molecule has 0 aromatic heterocycles. The highest BCUT2D eigenvalue weighted by Gasteiger charge is 2.43. The number of carbonyl (C=O) groups is 1. The van der Waals surface area contributed by atoms with Gasteiger partial charge < -0.3 is 16.3 Å². The first kappa shape index (κ1) is 16.1. The van der Waals surface area contributed by atoms with E-state index in [0.29, 0.717) is 19.4 Å². The molecule has 6 heteroatoms. The van der Waals surface area contributed by atoms with E-state index in [4.69, 9.17) is 10.9 Å². The summed E-state index contributed by atoms with van der Waals surface area (Å²) in [7, 11) is 0. The SMILES string of the molecule is CSCCCCNC(=O)C1(C(N)=NO)CCCCC1. The molecule has 110 valence electrons. The number of hydrogen-bond donors (Lipinski definition) is 3. The van der Waals surface area contributed by atoms with Gasteiger partial charge in [0.2, 0.25) is 5.91 Å². The molecule has 0 heterocycles. The monoisotopic (exact) mass is 287 g/mol. The predicted molar refractivity (Wildman–Crippen MR) is 79.6 cm³/mol. The van der Waals surface area contributed by atoms with Crippen LogP contribution in [0.25, 0.3) is 0 Å². The Morgan fingerprint density at radius 2 is 2.05 bits per heavy atom. The molecule has 1 aliphatic rings. The Balaban J connectivity index is 2.53. The average molecular weight is 287 g/mol. The van der Waals surface area contributed by atoms with Gasteiger partial charge in [-0.15, -0.1) is 0 Å². The van der Waals surface area contributed by atoms with Crippen molar-refractivity contribution < 1.29 is 10.0 Å². The maximum atomic E-state index is 12.4. The number of nitrogens with zero attached hydrogens (tertiary/aromatic N) is 1. The number of unbranched alkanes of at least 4 members (excludes halogenated alkanes) is 1. The van der Waals surface area contributed by atoms with Crippen LogP contribution in [0.4, 0.5) is 0 Å². The molecular formula is C13H25N3O2S. The van der Waals surface area contributed by atoms with Gasteiger partial charge in [0.1, 0.15) is 5.41 Å². The lowest BCUT2D eigenvalue weighted by atomic mass is 9.72. The predicted octanol–water partition coefficient (Wildman–Crippen LogP) is 1.94. The van der Waals surface area contributed by atoms with Crippen LogP contribution in [0.3, 0.4) is 0 Å². The molecule has 0 spiro atoms. The van der Waals surface area contributed by atoms with Gasteiger partial charge in [0.15, 0.2) is 5.84 Å². The second-order valence-corrected chi connectivity index (χ2v) is 6.07. The lowest BCUT2D eigenvalue weighted by molar-refractivity contribution is -0.129. The van der Waals surface area contributed by atoms with Crippen LogP contribution in [-0.2, 0) is 4.79 Å². The van der Waals surface area contributed by atoms with E-state index in [2.05, 4.69) is 16.7 Å². The van der Waals surface area contributed by atoms with Crippen LogP contribution < -0.4 is 11.1 Å². The second-order valence-electron chi connectivity index (χ2n) is 5.08. The molecule has 0 saturated heterocycles. The van der Waals surface area contributed by atoms with Gasteiger partial charge >= 0.3 is 0 Å². The van der Waals surface area contributed by atoms with Gasteiger partial charge in [-0.3, -0.25) is 4.79 Å². The zero-order chi connectivity index (χ0) is 14.1. The average Bonchev–Trinajstić information content (AvgIpc) is 2.46. The van der Waals surface area contributed by atoms with Gasteiger partial charge in [0.05, 0.1) is 0 Å². The third-order valence-corrected chi connectivity index (χ3v) is 4.50. The van der Waals surface area contributed by atoms with Gasteiger partial charge in [0, 0.05) is 6.54 Å². The number of amides is 1. The van der Waals surface area contributed by atoms with Crippen LogP contribution in [0.15, 0.2) is 5.16 Å². The minimum atomic E-state index is -0.785. The smallest absolute Gasteiger partial charge is 0.233 e. The summed E-state index contributed by atoms with van der Waals surface area (Å²) in [6.07, 6.45) is 8.53. The summed E-state index contributed by atoms with van der Waals surface area (Å²) in [4.78, 5) is 12.4. The minimum absolute atomic E-state index is 0.0637. The maximum absolute atomic E-state index is 12.4. The summed E-state index contributed by atoms with van der Waals surface area (Å²) in [5, 5.41) is 15.0. The van der Waals surface area contributed by atoms with Crippen molar-refractivity contribution in [1.29, 1.82) is 0 Å². The van der Waals surface area contributed by atoms with Gasteiger partial charge in [-0.1, -0.05) is 24.4 Å². The summed E-state index contributed by atoms with van der Waals surface area (Å²) in [5.74, 6) is 1.10. The first-order valence-corrected chi connectivity index (χ1v) is 8.32. The third-order valence-electron chi connectivity index (χ3n) is 3.80. The van der Waals surface area contributed by atoms with Crippen LogP contribution in [0.1, 0.15) is 44.9 Å². The van der Waals surface area contributed by atoms with Crippen molar-refractivity contribution in [2.45, 2.75) is 44.9 Å². The van der Waals surface area contributed by atoms with E-state index < -0.39 is 5.41 Å². The van der Waals surface area contributed by atoms with Crippen molar-refractivity contribution in [1.82, 2.24) is 5.32 Å². The van der Waals surface area contributed by atoms with E-state index in [9.17, 15) is 4.79 Å². The minimum Gasteiger partial charge on any atom is -0.409 e. The molecule has 0 aromatic rings. The molecule has 0 aliphatic heterocycles. The van der Waals surface area contributed by atoms with E-state index >= 15 is 0 Å². The van der Waals surface area contributed by atoms with Crippen LogP contribution in [0, 0.1) is 5.41 Å². The number of nitrogens with two attached hydrogens (primary N) is 1. The lowest BCUT2D eigenvalue weighted by Crippen LogP contribution is -2.51. The van der Waals surface area contributed by atoms with Crippen LogP contribution >= 0.6 is 11.8 Å². The van der Waals surface area contributed by atoms with E-state index in [1.54, 1.807) is 0 Å². The Morgan fingerprint density at radius 1 is 1.37 bits per heavy atom. The molecule has 1 amide bonds. The van der Waals surface area contributed by atoms with E-state index in [-0.39, 0.29) is 11.7 Å². The third kappa shape index (κ3) is 4.30. The summed E-state index contributed by atoms with van der Waals surface area (Å²) >= 11 is 1.81. The summed E-state index contributed by atoms with van der Waals surface area (Å²) in [6, 6.07) is 0. The summed E-state index contributed by atoms with van der Waals surface area (Å²) in [6.45, 7) is 0.667. The van der Waals surface area contributed by atoms with Crippen LogP contribution in [0.5, 0.6) is 0 Å². The molecule has 1 fully saturated rings. The Kier molecular flexibility index (Phi) is 7.05. The Hall–Kier alpha value is -0.910. The molecule has 5 nitrogen and oxygen atoms in total. The van der Waals surface area contributed by atoms with E-state index in [1.807, 2.05) is 11.8 Å². The zero-order valence-electron chi connectivity index (χ0n) is 11.7. The highest BCUT2D eigenvalue weighted by molar-refractivity contribution is 7.98. The lowest BCUT2D eigenvalue weighted by Gasteiger charge is -2.34. The number of hydrogen-bond acceptors (Lipinski definition) is 4. The van der Waals surface area contributed by atoms with Crippen molar-refractivity contribution in [3.05, 3.63) is 0 Å². The first-order chi connectivity index (χ1) is 9.17. The first-order valence-electron chi connectivity index (χ1n) is 6.92. The van der Waals surface area contributed by atoms with Gasteiger partial charge in [0.25, 0.3) is 0 Å². The molecule has 19 heavy (non-hydrogen) atoms. The van der Waals surface area contributed by atoms with Crippen molar-refractivity contribution >= 4 is 23.5 Å². The van der Waals surface area contributed by atoms with E-state index in [1.165, 1.54) is 0 Å². The number of nitrogens with one attached hydrogen (secondary N) is 1. The van der Waals surface area contributed by atoms with Gasteiger partial charge in [-0.05, 0) is 37.7 Å². The number of amidine groups is 1. The fourth-order valence-corrected chi connectivity index (χ4v) is 3.09. The largest absolute Gasteiger partial charge is 0.409 e.